The highest BCUT2D eigenvalue weighted by Crippen LogP contribution is 2.46. The fourth-order valence-corrected chi connectivity index (χ4v) is 3.50. The smallest absolute Gasteiger partial charge is 0.0553 e. The number of hydrogen-bond acceptors (Lipinski definition) is 2. The number of nitrogens with one attached hydrogen (secondary N) is 1. The molecule has 0 saturated heterocycles. The fourth-order valence-electron chi connectivity index (χ4n) is 3.50. The van der Waals surface area contributed by atoms with Crippen LogP contribution in [0.1, 0.15) is 58.2 Å². The standard InChI is InChI=1S/C15H27N3/c1-5-16-14(13-9-11-17-18(13)4)12-8-6-7-10-15(12,2)3/h9,11-12,14,16H,5-8,10H2,1-4H3. The van der Waals surface area contributed by atoms with Gasteiger partial charge in [-0.15, -0.1) is 0 Å². The van der Waals surface area contributed by atoms with E-state index in [4.69, 9.17) is 0 Å². The lowest BCUT2D eigenvalue weighted by Crippen LogP contribution is -2.39. The van der Waals surface area contributed by atoms with Gasteiger partial charge in [0.2, 0.25) is 0 Å². The van der Waals surface area contributed by atoms with Crippen molar-refractivity contribution in [1.29, 1.82) is 0 Å². The quantitative estimate of drug-likeness (QED) is 0.887. The second-order valence-corrected chi connectivity index (χ2v) is 6.26. The molecule has 0 spiro atoms. The lowest BCUT2D eigenvalue weighted by atomic mass is 9.65. The summed E-state index contributed by atoms with van der Waals surface area (Å²) < 4.78 is 2.03. The first-order valence-electron chi connectivity index (χ1n) is 7.27. The molecule has 0 aromatic carbocycles. The lowest BCUT2D eigenvalue weighted by Gasteiger charge is -2.43. The average Bonchev–Trinajstić information content (AvgIpc) is 2.72. The fraction of sp³-hybridized carbons (Fsp3) is 0.800. The Morgan fingerprint density at radius 3 is 2.83 bits per heavy atom. The Hall–Kier alpha value is -0.830. The zero-order valence-corrected chi connectivity index (χ0v) is 12.2. The number of nitrogens with zero attached hydrogens (tertiary/aromatic N) is 2. The van der Waals surface area contributed by atoms with Gasteiger partial charge in [0.15, 0.2) is 0 Å². The third kappa shape index (κ3) is 2.61. The van der Waals surface area contributed by atoms with Crippen LogP contribution in [-0.2, 0) is 7.05 Å². The number of hydrogen-bond donors (Lipinski definition) is 1. The van der Waals surface area contributed by atoms with Gasteiger partial charge in [0.25, 0.3) is 0 Å². The SMILES string of the molecule is CCNC(c1ccnn1C)C1CCCCC1(C)C. The Balaban J connectivity index is 2.27. The highest BCUT2D eigenvalue weighted by atomic mass is 15.3. The molecule has 3 nitrogen and oxygen atoms in total. The molecule has 1 aromatic heterocycles. The molecule has 2 atom stereocenters. The Kier molecular flexibility index (Phi) is 4.10. The summed E-state index contributed by atoms with van der Waals surface area (Å²) in [6, 6.07) is 2.61. The molecule has 1 aliphatic carbocycles. The Bertz CT molecular complexity index is 381. The first-order valence-corrected chi connectivity index (χ1v) is 7.27. The first kappa shape index (κ1) is 13.6. The molecular weight excluding hydrogens is 222 g/mol. The van der Waals surface area contributed by atoms with E-state index in [-0.39, 0.29) is 0 Å². The predicted octanol–water partition coefficient (Wildman–Crippen LogP) is 3.29. The molecule has 1 saturated carbocycles. The number of aromatic nitrogens is 2. The lowest BCUT2D eigenvalue weighted by molar-refractivity contribution is 0.0958. The van der Waals surface area contributed by atoms with E-state index in [2.05, 4.69) is 44.3 Å². The van der Waals surface area contributed by atoms with Gasteiger partial charge in [-0.3, -0.25) is 4.68 Å². The molecule has 2 rings (SSSR count). The molecular formula is C15H27N3. The summed E-state index contributed by atoms with van der Waals surface area (Å²) in [4.78, 5) is 0. The molecule has 1 aliphatic rings. The van der Waals surface area contributed by atoms with E-state index in [1.54, 1.807) is 0 Å². The molecule has 3 heteroatoms. The highest BCUT2D eigenvalue weighted by molar-refractivity contribution is 5.10. The van der Waals surface area contributed by atoms with Crippen LogP contribution in [0.3, 0.4) is 0 Å². The molecule has 102 valence electrons. The molecule has 1 N–H and O–H groups in total. The van der Waals surface area contributed by atoms with Crippen molar-refractivity contribution in [2.75, 3.05) is 6.54 Å². The van der Waals surface area contributed by atoms with E-state index in [9.17, 15) is 0 Å². The van der Waals surface area contributed by atoms with Gasteiger partial charge in [0.05, 0.1) is 11.7 Å². The molecule has 1 fully saturated rings. The molecule has 18 heavy (non-hydrogen) atoms. The van der Waals surface area contributed by atoms with E-state index in [0.29, 0.717) is 17.4 Å². The number of aryl methyl sites for hydroxylation is 1. The van der Waals surface area contributed by atoms with Gasteiger partial charge in [-0.05, 0) is 36.8 Å². The van der Waals surface area contributed by atoms with Crippen LogP contribution in [0.2, 0.25) is 0 Å². The van der Waals surface area contributed by atoms with E-state index in [1.165, 1.54) is 31.4 Å². The summed E-state index contributed by atoms with van der Waals surface area (Å²) in [5.41, 5.74) is 1.76. The van der Waals surface area contributed by atoms with Crippen molar-refractivity contribution < 1.29 is 0 Å². The topological polar surface area (TPSA) is 29.9 Å². The Morgan fingerprint density at radius 2 is 2.28 bits per heavy atom. The molecule has 0 radical (unpaired) electrons. The van der Waals surface area contributed by atoms with Crippen LogP contribution < -0.4 is 5.32 Å². The maximum absolute atomic E-state index is 4.34. The summed E-state index contributed by atoms with van der Waals surface area (Å²) in [6.45, 7) is 8.07. The van der Waals surface area contributed by atoms with Crippen molar-refractivity contribution in [3.8, 4) is 0 Å². The van der Waals surface area contributed by atoms with E-state index >= 15 is 0 Å². The molecule has 1 aromatic rings. The largest absolute Gasteiger partial charge is 0.309 e. The van der Waals surface area contributed by atoms with Crippen molar-refractivity contribution in [1.82, 2.24) is 15.1 Å². The van der Waals surface area contributed by atoms with Crippen LogP contribution >= 0.6 is 0 Å². The third-order valence-corrected chi connectivity index (χ3v) is 4.59. The summed E-state index contributed by atoms with van der Waals surface area (Å²) >= 11 is 0. The summed E-state index contributed by atoms with van der Waals surface area (Å²) in [5, 5.41) is 8.03. The zero-order valence-electron chi connectivity index (χ0n) is 12.2. The van der Waals surface area contributed by atoms with Crippen molar-refractivity contribution in [2.24, 2.45) is 18.4 Å². The first-order chi connectivity index (χ1) is 8.56. The molecule has 0 amide bonds. The Morgan fingerprint density at radius 1 is 1.50 bits per heavy atom. The van der Waals surface area contributed by atoms with Crippen LogP contribution in [-0.4, -0.2) is 16.3 Å². The highest BCUT2D eigenvalue weighted by Gasteiger charge is 2.38. The van der Waals surface area contributed by atoms with Crippen LogP contribution in [0.5, 0.6) is 0 Å². The molecule has 2 unspecified atom stereocenters. The molecule has 0 aliphatic heterocycles. The van der Waals surface area contributed by atoms with Gasteiger partial charge < -0.3 is 5.32 Å². The minimum absolute atomic E-state index is 0.426. The van der Waals surface area contributed by atoms with E-state index in [0.717, 1.165) is 6.54 Å². The summed E-state index contributed by atoms with van der Waals surface area (Å²) in [7, 11) is 2.05. The van der Waals surface area contributed by atoms with Crippen molar-refractivity contribution in [2.45, 2.75) is 52.5 Å². The number of rotatable bonds is 4. The van der Waals surface area contributed by atoms with E-state index in [1.807, 2.05) is 10.9 Å². The van der Waals surface area contributed by atoms with Gasteiger partial charge >= 0.3 is 0 Å². The minimum atomic E-state index is 0.426. The van der Waals surface area contributed by atoms with Gasteiger partial charge in [-0.1, -0.05) is 33.6 Å². The van der Waals surface area contributed by atoms with Gasteiger partial charge in [0.1, 0.15) is 0 Å². The van der Waals surface area contributed by atoms with E-state index < -0.39 is 0 Å². The van der Waals surface area contributed by atoms with Gasteiger partial charge in [0, 0.05) is 13.2 Å². The summed E-state index contributed by atoms with van der Waals surface area (Å²) in [6.07, 6.45) is 7.34. The molecule has 1 heterocycles. The van der Waals surface area contributed by atoms with Crippen molar-refractivity contribution in [3.63, 3.8) is 0 Å². The van der Waals surface area contributed by atoms with Gasteiger partial charge in [-0.25, -0.2) is 0 Å². The van der Waals surface area contributed by atoms with Crippen LogP contribution in [0.25, 0.3) is 0 Å². The zero-order chi connectivity index (χ0) is 13.2. The summed E-state index contributed by atoms with van der Waals surface area (Å²) in [5.74, 6) is 0.710. The third-order valence-electron chi connectivity index (χ3n) is 4.59. The van der Waals surface area contributed by atoms with Crippen molar-refractivity contribution in [3.05, 3.63) is 18.0 Å². The second kappa shape index (κ2) is 5.43. The average molecular weight is 249 g/mol. The van der Waals surface area contributed by atoms with Crippen molar-refractivity contribution >= 4 is 0 Å². The maximum Gasteiger partial charge on any atom is 0.0553 e. The Labute approximate surface area is 111 Å². The van der Waals surface area contributed by atoms with Gasteiger partial charge in [-0.2, -0.15) is 5.10 Å². The monoisotopic (exact) mass is 249 g/mol. The minimum Gasteiger partial charge on any atom is -0.309 e. The maximum atomic E-state index is 4.34. The predicted molar refractivity (Wildman–Crippen MR) is 75.4 cm³/mol. The second-order valence-electron chi connectivity index (χ2n) is 6.26. The normalized spacial score (nSPS) is 25.0. The van der Waals surface area contributed by atoms with Crippen LogP contribution in [0.15, 0.2) is 12.3 Å². The molecule has 0 bridgehead atoms. The van der Waals surface area contributed by atoms with Crippen LogP contribution in [0.4, 0.5) is 0 Å². The van der Waals surface area contributed by atoms with Crippen LogP contribution in [0, 0.1) is 11.3 Å².